The molecule has 0 aliphatic heterocycles. The summed E-state index contributed by atoms with van der Waals surface area (Å²) in [5.74, 6) is 0. The van der Waals surface area contributed by atoms with Gasteiger partial charge in [-0.1, -0.05) is 123 Å². The van der Waals surface area contributed by atoms with Crippen LogP contribution < -0.4 is 21.2 Å². The summed E-state index contributed by atoms with van der Waals surface area (Å²) in [5, 5.41) is 5.70. The van der Waals surface area contributed by atoms with E-state index in [0.717, 1.165) is 0 Å². The highest BCUT2D eigenvalue weighted by atomic mass is 32.7. The molecule has 29 heavy (non-hydrogen) atoms. The van der Waals surface area contributed by atoms with Gasteiger partial charge in [0.2, 0.25) is 0 Å². The summed E-state index contributed by atoms with van der Waals surface area (Å²) < 4.78 is 0. The maximum absolute atomic E-state index is 2.28. The molecular formula is C26H24P2S. The average molecular weight is 430 g/mol. The second kappa shape index (κ2) is 9.73. The quantitative estimate of drug-likeness (QED) is 0.335. The van der Waals surface area contributed by atoms with E-state index in [9.17, 15) is 0 Å². The Hall–Kier alpha value is -1.91. The Balaban J connectivity index is 1.77. The molecule has 0 aliphatic rings. The molecule has 0 radical (unpaired) electrons. The van der Waals surface area contributed by atoms with Crippen molar-refractivity contribution in [2.24, 2.45) is 0 Å². The first-order chi connectivity index (χ1) is 14.2. The zero-order valence-electron chi connectivity index (χ0n) is 16.7. The minimum atomic E-state index is -0.525. The predicted molar refractivity (Wildman–Crippen MR) is 135 cm³/mol. The zero-order valence-corrected chi connectivity index (χ0v) is 19.4. The molecule has 0 saturated heterocycles. The second-order valence-corrected chi connectivity index (χ2v) is 12.1. The van der Waals surface area contributed by atoms with Crippen molar-refractivity contribution in [2.75, 3.05) is 0 Å². The number of rotatable bonds is 6. The summed E-state index contributed by atoms with van der Waals surface area (Å²) in [6, 6.07) is 37.3. The SMILES string of the molecule is Cc1ccc(C)c(SP(c2ccccc2)c2ccccc2)c1Pc1ccccc1. The zero-order chi connectivity index (χ0) is 20.1. The molecule has 0 aliphatic carbocycles. The third-order valence-corrected chi connectivity index (χ3v) is 11.3. The second-order valence-electron chi connectivity index (χ2n) is 6.95. The van der Waals surface area contributed by atoms with Gasteiger partial charge in [0, 0.05) is 12.0 Å². The Kier molecular flexibility index (Phi) is 6.83. The minimum absolute atomic E-state index is 0.525. The smallest absolute Gasteiger partial charge is 0.0232 e. The van der Waals surface area contributed by atoms with Crippen LogP contribution in [0.3, 0.4) is 0 Å². The fourth-order valence-electron chi connectivity index (χ4n) is 3.20. The number of hydrogen-bond donors (Lipinski definition) is 0. The molecule has 0 N–H and O–H groups in total. The average Bonchev–Trinajstić information content (AvgIpc) is 2.78. The Morgan fingerprint density at radius 2 is 1.07 bits per heavy atom. The third kappa shape index (κ3) is 4.99. The van der Waals surface area contributed by atoms with Crippen LogP contribution in [0.4, 0.5) is 0 Å². The Morgan fingerprint density at radius 1 is 0.586 bits per heavy atom. The van der Waals surface area contributed by atoms with Gasteiger partial charge >= 0.3 is 0 Å². The highest BCUT2D eigenvalue weighted by Crippen LogP contribution is 2.53. The molecule has 4 aromatic carbocycles. The van der Waals surface area contributed by atoms with Crippen molar-refractivity contribution in [3.8, 4) is 0 Å². The first-order valence-corrected chi connectivity index (χ1v) is 13.5. The van der Waals surface area contributed by atoms with E-state index in [2.05, 4.69) is 128 Å². The number of benzene rings is 4. The molecule has 3 heteroatoms. The number of hydrogen-bond acceptors (Lipinski definition) is 1. The van der Waals surface area contributed by atoms with Crippen molar-refractivity contribution in [3.05, 3.63) is 114 Å². The lowest BCUT2D eigenvalue weighted by atomic mass is 10.2. The number of aryl methyl sites for hydroxylation is 2. The summed E-state index contributed by atoms with van der Waals surface area (Å²) in [6.07, 6.45) is 0. The molecule has 1 unspecified atom stereocenters. The van der Waals surface area contributed by atoms with E-state index in [4.69, 9.17) is 0 Å². The lowest BCUT2D eigenvalue weighted by Crippen LogP contribution is -2.14. The fourth-order valence-corrected chi connectivity index (χ4v) is 9.66. The van der Waals surface area contributed by atoms with Gasteiger partial charge in [0.1, 0.15) is 0 Å². The van der Waals surface area contributed by atoms with E-state index in [1.54, 1.807) is 0 Å². The van der Waals surface area contributed by atoms with Gasteiger partial charge in [0.05, 0.1) is 0 Å². The van der Waals surface area contributed by atoms with Gasteiger partial charge in [-0.15, -0.1) is 0 Å². The molecule has 0 nitrogen and oxygen atoms in total. The Bertz CT molecular complexity index is 1020. The molecule has 144 valence electrons. The van der Waals surface area contributed by atoms with E-state index >= 15 is 0 Å². The maximum atomic E-state index is 2.28. The van der Waals surface area contributed by atoms with Crippen LogP contribution in [0.15, 0.2) is 108 Å². The van der Waals surface area contributed by atoms with Crippen LogP contribution in [0.5, 0.6) is 0 Å². The predicted octanol–water partition coefficient (Wildman–Crippen LogP) is 6.07. The van der Waals surface area contributed by atoms with Crippen molar-refractivity contribution in [3.63, 3.8) is 0 Å². The molecule has 0 bridgehead atoms. The molecule has 0 heterocycles. The van der Waals surface area contributed by atoms with Crippen molar-refractivity contribution < 1.29 is 0 Å². The van der Waals surface area contributed by atoms with Crippen LogP contribution in [0.2, 0.25) is 0 Å². The Labute approximate surface area is 181 Å². The van der Waals surface area contributed by atoms with Gasteiger partial charge in [-0.25, -0.2) is 0 Å². The summed E-state index contributed by atoms with van der Waals surface area (Å²) in [5.41, 5.74) is 2.76. The first kappa shape index (κ1) is 20.4. The van der Waals surface area contributed by atoms with Crippen LogP contribution in [0, 0.1) is 13.8 Å². The molecule has 0 saturated carbocycles. The van der Waals surface area contributed by atoms with E-state index in [1.807, 2.05) is 0 Å². The van der Waals surface area contributed by atoms with Crippen LogP contribution in [0.25, 0.3) is 0 Å². The molecule has 0 fully saturated rings. The van der Waals surface area contributed by atoms with Crippen molar-refractivity contribution >= 4 is 48.3 Å². The molecule has 0 aromatic heterocycles. The van der Waals surface area contributed by atoms with Gasteiger partial charge in [-0.05, 0) is 46.2 Å². The third-order valence-electron chi connectivity index (χ3n) is 4.77. The molecular weight excluding hydrogens is 406 g/mol. The van der Waals surface area contributed by atoms with Gasteiger partial charge in [0.15, 0.2) is 0 Å². The van der Waals surface area contributed by atoms with Gasteiger partial charge < -0.3 is 0 Å². The van der Waals surface area contributed by atoms with E-state index < -0.39 is 7.12 Å². The van der Waals surface area contributed by atoms with Crippen molar-refractivity contribution in [1.29, 1.82) is 0 Å². The summed E-state index contributed by atoms with van der Waals surface area (Å²) in [4.78, 5) is 1.45. The summed E-state index contributed by atoms with van der Waals surface area (Å²) in [7, 11) is 0.150. The maximum Gasteiger partial charge on any atom is 0.0232 e. The summed E-state index contributed by atoms with van der Waals surface area (Å²) in [6.45, 7) is 4.51. The van der Waals surface area contributed by atoms with Gasteiger partial charge in [0.25, 0.3) is 0 Å². The van der Waals surface area contributed by atoms with Crippen molar-refractivity contribution in [1.82, 2.24) is 0 Å². The highest BCUT2D eigenvalue weighted by molar-refractivity contribution is 8.60. The van der Waals surface area contributed by atoms with Gasteiger partial charge in [-0.2, -0.15) is 0 Å². The highest BCUT2D eigenvalue weighted by Gasteiger charge is 2.20. The van der Waals surface area contributed by atoms with E-state index in [1.165, 1.54) is 37.2 Å². The monoisotopic (exact) mass is 430 g/mol. The first-order valence-electron chi connectivity index (χ1n) is 9.73. The molecule has 0 spiro atoms. The normalized spacial score (nSPS) is 11.4. The summed E-state index contributed by atoms with van der Waals surface area (Å²) >= 11 is 2.05. The lowest BCUT2D eigenvalue weighted by molar-refractivity contribution is 1.31. The van der Waals surface area contributed by atoms with Crippen molar-refractivity contribution in [2.45, 2.75) is 18.7 Å². The van der Waals surface area contributed by atoms with Crippen LogP contribution in [-0.2, 0) is 0 Å². The van der Waals surface area contributed by atoms with Crippen LogP contribution >= 0.6 is 27.1 Å². The van der Waals surface area contributed by atoms with E-state index in [-0.39, 0.29) is 0 Å². The minimum Gasteiger partial charge on any atom is -0.0878 e. The topological polar surface area (TPSA) is 0 Å². The van der Waals surface area contributed by atoms with Crippen LogP contribution in [0.1, 0.15) is 11.1 Å². The van der Waals surface area contributed by atoms with Crippen LogP contribution in [-0.4, -0.2) is 0 Å². The lowest BCUT2D eigenvalue weighted by Gasteiger charge is -2.22. The fraction of sp³-hybridized carbons (Fsp3) is 0.0769. The standard InChI is InChI=1S/C26H24P2S/c1-20-18-19-21(2)26(25(20)27-22-12-6-3-7-13-22)29-28(23-14-8-4-9-15-23)24-16-10-5-11-17-24/h3-19,27H,1-2H3. The van der Waals surface area contributed by atoms with E-state index in [0.29, 0.717) is 8.58 Å². The van der Waals surface area contributed by atoms with Gasteiger partial charge in [-0.3, -0.25) is 0 Å². The molecule has 4 aromatic rings. The molecule has 4 rings (SSSR count). The Morgan fingerprint density at radius 3 is 1.62 bits per heavy atom. The molecule has 1 atom stereocenters. The molecule has 0 amide bonds. The largest absolute Gasteiger partial charge is 0.0878 e.